The van der Waals surface area contributed by atoms with Gasteiger partial charge in [-0.15, -0.1) is 0 Å². The first kappa shape index (κ1) is 61.9. The highest BCUT2D eigenvalue weighted by molar-refractivity contribution is 7.98. The Balaban J connectivity index is 1.42. The number of nitrogens with zero attached hydrogens (tertiary/aromatic N) is 2. The van der Waals surface area contributed by atoms with Crippen molar-refractivity contribution in [1.82, 2.24) is 52.4 Å². The second kappa shape index (κ2) is 31.4. The van der Waals surface area contributed by atoms with Gasteiger partial charge in [-0.1, -0.05) is 40.2 Å². The lowest BCUT2D eigenvalue weighted by atomic mass is 9.86. The van der Waals surface area contributed by atoms with Crippen LogP contribution < -0.4 is 48.3 Å². The summed E-state index contributed by atoms with van der Waals surface area (Å²) < 4.78 is 0. The Morgan fingerprint density at radius 1 is 0.905 bits per heavy atom. The largest absolute Gasteiger partial charge is 0.394 e. The van der Waals surface area contributed by atoms with E-state index in [9.17, 15) is 53.7 Å². The average Bonchev–Trinajstić information content (AvgIpc) is 3.37. The maximum atomic E-state index is 14.4. The van der Waals surface area contributed by atoms with E-state index >= 15 is 0 Å². The maximum absolute atomic E-state index is 14.4. The van der Waals surface area contributed by atoms with Crippen LogP contribution in [0.2, 0.25) is 0 Å². The summed E-state index contributed by atoms with van der Waals surface area (Å²) in [5, 5.41) is 61.4. The summed E-state index contributed by atoms with van der Waals surface area (Å²) in [6.45, 7) is 8.46. The molecule has 1 spiro atoms. The Hall–Kier alpha value is -4.63. The predicted octanol–water partition coefficient (Wildman–Crippen LogP) is -2.35. The number of amides is 8. The molecule has 2 saturated heterocycles. The van der Waals surface area contributed by atoms with Gasteiger partial charge in [0, 0.05) is 61.5 Å². The summed E-state index contributed by atoms with van der Waals surface area (Å²) in [6, 6.07) is 1.12. The molecule has 14 N–H and O–H groups in total. The first-order chi connectivity index (χ1) is 35.2. The Morgan fingerprint density at radius 3 is 2.22 bits per heavy atom. The molecular weight excluding hydrogens is 999 g/mol. The second-order valence-corrected chi connectivity index (χ2v) is 22.1. The average molecular weight is 1080 g/mol. The number of nitrogens with two attached hydrogens (primary N) is 1. The quantitative estimate of drug-likeness (QED) is 0.0690. The van der Waals surface area contributed by atoms with E-state index in [0.717, 1.165) is 11.4 Å². The van der Waals surface area contributed by atoms with Gasteiger partial charge in [0.1, 0.15) is 41.9 Å². The first-order valence-electron chi connectivity index (χ1n) is 25.8. The Labute approximate surface area is 442 Å². The van der Waals surface area contributed by atoms with E-state index in [4.69, 9.17) is 15.8 Å². The first-order valence-corrected chi connectivity index (χ1v) is 28.1. The molecule has 2 bridgehead atoms. The summed E-state index contributed by atoms with van der Waals surface area (Å²) in [6.07, 6.45) is -2.42. The molecule has 0 aromatic carbocycles. The van der Waals surface area contributed by atoms with Gasteiger partial charge in [0.05, 0.1) is 30.6 Å². The van der Waals surface area contributed by atoms with Gasteiger partial charge >= 0.3 is 0 Å². The van der Waals surface area contributed by atoms with Crippen LogP contribution in [0.1, 0.15) is 103 Å². The van der Waals surface area contributed by atoms with Crippen molar-refractivity contribution in [3.8, 4) is 0 Å². The number of fused-ring (bicyclic) bond motifs is 2. The van der Waals surface area contributed by atoms with E-state index in [1.807, 2.05) is 50.8 Å². The number of aromatic nitrogens is 1. The van der Waals surface area contributed by atoms with Gasteiger partial charge in [-0.25, -0.2) is 0 Å². The highest BCUT2D eigenvalue weighted by atomic mass is 32.2. The molecule has 416 valence electrons. The van der Waals surface area contributed by atoms with E-state index in [1.165, 1.54) is 11.8 Å². The zero-order valence-corrected chi connectivity index (χ0v) is 44.8. The minimum Gasteiger partial charge on any atom is -0.394 e. The van der Waals surface area contributed by atoms with Gasteiger partial charge in [-0.2, -0.15) is 23.5 Å². The van der Waals surface area contributed by atoms with Crippen molar-refractivity contribution in [3.05, 3.63) is 29.6 Å². The minimum absolute atomic E-state index is 0.0229. The number of thioether (sulfide) groups is 2. The van der Waals surface area contributed by atoms with Crippen LogP contribution >= 0.6 is 23.5 Å². The van der Waals surface area contributed by atoms with Gasteiger partial charge in [-0.05, 0) is 82.0 Å². The zero-order valence-electron chi connectivity index (χ0n) is 43.2. The van der Waals surface area contributed by atoms with Crippen LogP contribution in [0.5, 0.6) is 0 Å². The molecule has 25 heteroatoms. The minimum atomic E-state index is -1.60. The third kappa shape index (κ3) is 20.5. The number of aliphatic hydroxyl groups is 4. The molecule has 0 aliphatic carbocycles. The van der Waals surface area contributed by atoms with Crippen LogP contribution in [0.15, 0.2) is 18.2 Å². The lowest BCUT2D eigenvalue weighted by Crippen LogP contribution is -2.66. The van der Waals surface area contributed by atoms with E-state index in [0.29, 0.717) is 75.5 Å². The van der Waals surface area contributed by atoms with Crippen molar-refractivity contribution in [2.75, 3.05) is 57.4 Å². The molecule has 0 radical (unpaired) electrons. The summed E-state index contributed by atoms with van der Waals surface area (Å²) in [4.78, 5) is 115. The van der Waals surface area contributed by atoms with Gasteiger partial charge in [0.2, 0.25) is 47.3 Å². The zero-order chi connectivity index (χ0) is 54.4. The number of aliphatic hydroxyl groups excluding tert-OH is 4. The van der Waals surface area contributed by atoms with Crippen LogP contribution in [0.3, 0.4) is 0 Å². The molecule has 74 heavy (non-hydrogen) atoms. The molecule has 3 aliphatic rings. The standard InChI is InChI=1S/C49H81N11O12S2/c1-5-30(4)42-47(71)56-36(46(70)54-31-12-20-60(21-13-31)24-41(66)55-34(44(50)68)9-10-39(64)52-17-11-37(62)43(67)38(63)25-61)28-74-27-33-8-6-7-32(53-33)26-73-22-14-40(65)59-49(15-18-51-19-16-49)48(72)57-35(23-29(2)3)45(69)58-42/h6-8,29-31,34-38,42-43,51,61-63,67H,5,9-28H2,1-4H3,(H2,50,68)(H,52,64)(H,54,70)(H,55,66)(H,56,71)(H,57,72)(H,58,69)(H,59,65)/t30-,34+,35-,36-,37+,38+,42-,43-/m0/s1. The van der Waals surface area contributed by atoms with Crippen molar-refractivity contribution in [3.63, 3.8) is 0 Å². The van der Waals surface area contributed by atoms with Crippen LogP contribution in [0.25, 0.3) is 0 Å². The number of rotatable bonds is 19. The third-order valence-corrected chi connectivity index (χ3v) is 15.6. The van der Waals surface area contributed by atoms with Gasteiger partial charge in [0.25, 0.3) is 0 Å². The highest BCUT2D eigenvalue weighted by Gasteiger charge is 2.43. The fourth-order valence-electron chi connectivity index (χ4n) is 8.83. The van der Waals surface area contributed by atoms with Crippen LogP contribution in [0.4, 0.5) is 0 Å². The third-order valence-electron chi connectivity index (χ3n) is 13.5. The number of primary amides is 1. The van der Waals surface area contributed by atoms with Crippen molar-refractivity contribution < 1.29 is 58.8 Å². The molecule has 8 amide bonds. The molecule has 8 atom stereocenters. The summed E-state index contributed by atoms with van der Waals surface area (Å²) >= 11 is 2.96. The molecule has 3 aliphatic heterocycles. The van der Waals surface area contributed by atoms with Crippen LogP contribution in [-0.2, 0) is 49.9 Å². The van der Waals surface area contributed by atoms with Gasteiger partial charge in [-0.3, -0.25) is 48.2 Å². The number of nitrogens with one attached hydrogen (secondary N) is 8. The predicted molar refractivity (Wildman–Crippen MR) is 280 cm³/mol. The Bertz CT molecular complexity index is 2030. The number of carbonyl (C=O) groups is 8. The fourth-order valence-corrected chi connectivity index (χ4v) is 10.6. The maximum Gasteiger partial charge on any atom is 0.246 e. The SMILES string of the molecule is CC[C@H](C)[C@@H]1NC(=O)[C@H](CC(C)C)NC(=O)C2(CCNCC2)NC(=O)CCSCc2cccc(n2)CSC[C@@H](C(=O)NC2CCN(CC(=O)N[C@H](CCC(=O)NCC[C@@H](O)[C@H](O)[C@H](O)CO)C(N)=O)CC2)NC1=O. The van der Waals surface area contributed by atoms with Crippen LogP contribution in [-0.4, -0.2) is 189 Å². The topological polar surface area (TPSA) is 356 Å². The number of carbonyl (C=O) groups excluding carboxylic acids is 8. The van der Waals surface area contributed by atoms with E-state index in [2.05, 4.69) is 42.5 Å². The summed E-state index contributed by atoms with van der Waals surface area (Å²) in [5.41, 5.74) is 5.90. The molecule has 0 saturated carbocycles. The number of hydrogen-bond donors (Lipinski definition) is 13. The second-order valence-electron chi connectivity index (χ2n) is 20.0. The van der Waals surface area contributed by atoms with E-state index in [1.54, 1.807) is 11.8 Å². The highest BCUT2D eigenvalue weighted by Crippen LogP contribution is 2.23. The van der Waals surface area contributed by atoms with E-state index < -0.39 is 96.0 Å². The number of piperidine rings is 2. The summed E-state index contributed by atoms with van der Waals surface area (Å²) in [5.74, 6) is -2.85. The molecule has 4 rings (SSSR count). The number of hydrogen-bond acceptors (Lipinski definition) is 17. The molecule has 23 nitrogen and oxygen atoms in total. The monoisotopic (exact) mass is 1080 g/mol. The lowest BCUT2D eigenvalue weighted by Gasteiger charge is -2.38. The molecule has 1 aromatic heterocycles. The van der Waals surface area contributed by atoms with Crippen molar-refractivity contribution in [2.24, 2.45) is 17.6 Å². The number of pyridine rings is 1. The molecule has 0 unspecified atom stereocenters. The van der Waals surface area contributed by atoms with Crippen molar-refractivity contribution in [1.29, 1.82) is 0 Å². The van der Waals surface area contributed by atoms with Gasteiger partial charge < -0.3 is 68.7 Å². The normalized spacial score (nSPS) is 23.2. The molecule has 1 aromatic rings. The van der Waals surface area contributed by atoms with E-state index in [-0.39, 0.29) is 74.7 Å². The van der Waals surface area contributed by atoms with Gasteiger partial charge in [0.15, 0.2) is 0 Å². The molecule has 4 heterocycles. The van der Waals surface area contributed by atoms with Crippen molar-refractivity contribution in [2.45, 2.75) is 157 Å². The van der Waals surface area contributed by atoms with Crippen molar-refractivity contribution >= 4 is 70.8 Å². The van der Waals surface area contributed by atoms with Crippen LogP contribution in [0, 0.1) is 11.8 Å². The fraction of sp³-hybridized carbons (Fsp3) is 0.735. The number of likely N-dealkylation sites (tertiary alicyclic amines) is 1. The lowest BCUT2D eigenvalue weighted by molar-refractivity contribution is -0.138. The molecular formula is C49H81N11O12S2. The summed E-state index contributed by atoms with van der Waals surface area (Å²) in [7, 11) is 0. The molecule has 2 fully saturated rings. The Kier molecular flexibility index (Phi) is 26.3. The Morgan fingerprint density at radius 2 is 1.58 bits per heavy atom. The smallest absolute Gasteiger partial charge is 0.246 e.